The van der Waals surface area contributed by atoms with Crippen molar-refractivity contribution in [1.29, 1.82) is 0 Å². The lowest BCUT2D eigenvalue weighted by atomic mass is 9.96. The van der Waals surface area contributed by atoms with E-state index >= 15 is 0 Å². The maximum atomic E-state index is 11.8. The van der Waals surface area contributed by atoms with Crippen molar-refractivity contribution in [3.05, 3.63) is 42.0 Å². The van der Waals surface area contributed by atoms with Gasteiger partial charge in [-0.15, -0.1) is 0 Å². The maximum Gasteiger partial charge on any atom is 0.407 e. The number of carboxylic acid groups (broad SMARTS) is 1. The molecule has 0 fully saturated rings. The first-order valence-corrected chi connectivity index (χ1v) is 12.8. The van der Waals surface area contributed by atoms with Crippen LogP contribution >= 0.6 is 0 Å². The number of carbonyl (C=O) groups is 2. The fraction of sp³-hybridized carbons (Fsp3) is 0.417. The summed E-state index contributed by atoms with van der Waals surface area (Å²) in [5.41, 5.74) is 2.65. The van der Waals surface area contributed by atoms with Crippen molar-refractivity contribution in [3.63, 3.8) is 0 Å². The molecule has 2 aromatic rings. The van der Waals surface area contributed by atoms with E-state index in [4.69, 9.17) is 9.47 Å². The summed E-state index contributed by atoms with van der Waals surface area (Å²) in [5, 5.41) is 9.63. The number of aldehydes is 1. The van der Waals surface area contributed by atoms with Gasteiger partial charge in [-0.05, 0) is 48.6 Å². The number of hydrogen-bond acceptors (Lipinski definition) is 6. The highest BCUT2D eigenvalue weighted by Gasteiger charge is 2.17. The summed E-state index contributed by atoms with van der Waals surface area (Å²) in [4.78, 5) is 23.6. The van der Waals surface area contributed by atoms with Crippen LogP contribution in [0.4, 0.5) is 10.5 Å². The fourth-order valence-electron chi connectivity index (χ4n) is 3.70. The molecule has 1 amide bonds. The summed E-state index contributed by atoms with van der Waals surface area (Å²) in [5.74, 6) is 0.993. The van der Waals surface area contributed by atoms with E-state index in [9.17, 15) is 23.1 Å². The first-order valence-electron chi connectivity index (χ1n) is 10.9. The Hall–Kier alpha value is -3.27. The molecule has 10 heteroatoms. The summed E-state index contributed by atoms with van der Waals surface area (Å²) >= 11 is 0. The van der Waals surface area contributed by atoms with Gasteiger partial charge in [0.15, 0.2) is 0 Å². The fourth-order valence-corrected chi connectivity index (χ4v) is 4.26. The predicted molar refractivity (Wildman–Crippen MR) is 131 cm³/mol. The lowest BCUT2D eigenvalue weighted by Crippen LogP contribution is -2.32. The van der Waals surface area contributed by atoms with Gasteiger partial charge in [-0.2, -0.15) is 0 Å². The van der Waals surface area contributed by atoms with Gasteiger partial charge in [0.05, 0.1) is 26.2 Å². The summed E-state index contributed by atoms with van der Waals surface area (Å²) in [6, 6.07) is 10.7. The lowest BCUT2D eigenvalue weighted by molar-refractivity contribution is -0.107. The van der Waals surface area contributed by atoms with Crippen LogP contribution in [0.25, 0.3) is 11.1 Å². The summed E-state index contributed by atoms with van der Waals surface area (Å²) in [6.45, 7) is 0.643. The Morgan fingerprint density at radius 3 is 2.41 bits per heavy atom. The second-order valence-electron chi connectivity index (χ2n) is 7.81. The van der Waals surface area contributed by atoms with Crippen LogP contribution in [0.1, 0.15) is 31.2 Å². The first kappa shape index (κ1) is 27.0. The third kappa shape index (κ3) is 7.95. The van der Waals surface area contributed by atoms with Gasteiger partial charge in [-0.3, -0.25) is 4.72 Å². The zero-order chi connectivity index (χ0) is 25.1. The van der Waals surface area contributed by atoms with Crippen molar-refractivity contribution in [2.45, 2.75) is 32.1 Å². The van der Waals surface area contributed by atoms with E-state index in [-0.39, 0.29) is 6.54 Å². The molecular formula is C24H32N2O7S. The first-order chi connectivity index (χ1) is 16.2. The Morgan fingerprint density at radius 2 is 1.79 bits per heavy atom. The van der Waals surface area contributed by atoms with Crippen LogP contribution < -0.4 is 14.2 Å². The number of carbonyl (C=O) groups excluding carboxylic acids is 1. The number of ether oxygens (including phenoxy) is 2. The Bertz CT molecular complexity index is 1090. The molecule has 2 aromatic carbocycles. The van der Waals surface area contributed by atoms with Crippen LogP contribution in [-0.2, 0) is 21.2 Å². The smallest absolute Gasteiger partial charge is 0.407 e. The van der Waals surface area contributed by atoms with E-state index in [1.165, 1.54) is 12.0 Å². The molecule has 0 aliphatic carbocycles. The summed E-state index contributed by atoms with van der Waals surface area (Å²) < 4.78 is 36.9. The average Bonchev–Trinajstić information content (AvgIpc) is 2.79. The van der Waals surface area contributed by atoms with Gasteiger partial charge in [0.1, 0.15) is 17.8 Å². The number of sulfonamides is 1. The third-order valence-electron chi connectivity index (χ3n) is 5.31. The van der Waals surface area contributed by atoms with E-state index in [1.807, 2.05) is 24.3 Å². The van der Waals surface area contributed by atoms with E-state index in [0.29, 0.717) is 43.0 Å². The summed E-state index contributed by atoms with van der Waals surface area (Å²) in [7, 11) is -0.515. The molecule has 0 aliphatic heterocycles. The van der Waals surface area contributed by atoms with Gasteiger partial charge < -0.3 is 24.3 Å². The largest absolute Gasteiger partial charge is 0.496 e. The molecule has 0 saturated heterocycles. The molecule has 0 atom stereocenters. The molecule has 0 unspecified atom stereocenters. The van der Waals surface area contributed by atoms with E-state index in [2.05, 4.69) is 4.72 Å². The number of amides is 1. The molecule has 2 rings (SSSR count). The average molecular weight is 493 g/mol. The molecule has 0 spiro atoms. The zero-order valence-electron chi connectivity index (χ0n) is 19.7. The molecule has 0 radical (unpaired) electrons. The third-order valence-corrected chi connectivity index (χ3v) is 5.90. The minimum atomic E-state index is -3.52. The van der Waals surface area contributed by atoms with Gasteiger partial charge in [-0.1, -0.05) is 24.6 Å². The number of nitrogens with zero attached hydrogens (tertiary/aromatic N) is 1. The topological polar surface area (TPSA) is 122 Å². The Balaban J connectivity index is 2.32. The van der Waals surface area contributed by atoms with Gasteiger partial charge in [0.2, 0.25) is 10.0 Å². The second-order valence-corrected chi connectivity index (χ2v) is 9.56. The maximum absolute atomic E-state index is 11.8. The molecule has 0 aliphatic rings. The molecule has 186 valence electrons. The van der Waals surface area contributed by atoms with Crippen LogP contribution in [0.5, 0.6) is 11.5 Å². The molecule has 34 heavy (non-hydrogen) atoms. The second kappa shape index (κ2) is 12.8. The molecule has 0 bridgehead atoms. The van der Waals surface area contributed by atoms with Gasteiger partial charge >= 0.3 is 6.09 Å². The van der Waals surface area contributed by atoms with Crippen LogP contribution in [0.2, 0.25) is 0 Å². The minimum absolute atomic E-state index is 0.265. The number of rotatable bonds is 14. The molecule has 2 N–H and O–H groups in total. The van der Waals surface area contributed by atoms with Crippen molar-refractivity contribution in [2.24, 2.45) is 0 Å². The van der Waals surface area contributed by atoms with Crippen molar-refractivity contribution in [3.8, 4) is 22.6 Å². The Labute approximate surface area is 200 Å². The van der Waals surface area contributed by atoms with E-state index < -0.39 is 16.1 Å². The predicted octanol–water partition coefficient (Wildman–Crippen LogP) is 4.02. The molecule has 0 heterocycles. The van der Waals surface area contributed by atoms with Crippen molar-refractivity contribution < 1.29 is 32.6 Å². The number of methoxy groups -OCH3 is 2. The van der Waals surface area contributed by atoms with Crippen molar-refractivity contribution >= 4 is 28.1 Å². The van der Waals surface area contributed by atoms with Crippen LogP contribution in [0.3, 0.4) is 0 Å². The van der Waals surface area contributed by atoms with Gasteiger partial charge in [0, 0.05) is 25.1 Å². The van der Waals surface area contributed by atoms with Crippen LogP contribution in [0.15, 0.2) is 36.4 Å². The highest BCUT2D eigenvalue weighted by Crippen LogP contribution is 2.36. The SMILES string of the molecule is COc1ccc(-c2cccc(OC)c2CCN(CCCCCC=O)C(=O)O)cc1NS(C)(=O)=O. The normalized spacial score (nSPS) is 11.0. The number of benzene rings is 2. The van der Waals surface area contributed by atoms with Crippen LogP contribution in [0, 0.1) is 0 Å². The molecule has 9 nitrogen and oxygen atoms in total. The van der Waals surface area contributed by atoms with Crippen molar-refractivity contribution in [2.75, 3.05) is 38.3 Å². The zero-order valence-corrected chi connectivity index (χ0v) is 20.6. The molecule has 0 aromatic heterocycles. The van der Waals surface area contributed by atoms with Gasteiger partial charge in [0.25, 0.3) is 0 Å². The standard InChI is InChI=1S/C24H32N2O7S/c1-32-22-10-8-9-19(18-11-12-23(33-2)21(17-18)25-34(3,30)31)20(22)13-15-26(24(28)29)14-6-4-5-7-16-27/h8-12,16-17,25H,4-7,13-15H2,1-3H3,(H,28,29). The van der Waals surface area contributed by atoms with E-state index in [0.717, 1.165) is 42.1 Å². The van der Waals surface area contributed by atoms with Crippen molar-refractivity contribution in [1.82, 2.24) is 4.90 Å². The number of hydrogen-bond donors (Lipinski definition) is 2. The number of nitrogens with one attached hydrogen (secondary N) is 1. The quantitative estimate of drug-likeness (QED) is 0.302. The highest BCUT2D eigenvalue weighted by atomic mass is 32.2. The molecule has 0 saturated carbocycles. The Morgan fingerprint density at radius 1 is 1.06 bits per heavy atom. The number of unbranched alkanes of at least 4 members (excludes halogenated alkanes) is 3. The Kier molecular flexibility index (Phi) is 10.2. The minimum Gasteiger partial charge on any atom is -0.496 e. The van der Waals surface area contributed by atoms with Gasteiger partial charge in [-0.25, -0.2) is 13.2 Å². The lowest BCUT2D eigenvalue weighted by Gasteiger charge is -2.21. The molecular weight excluding hydrogens is 460 g/mol. The highest BCUT2D eigenvalue weighted by molar-refractivity contribution is 7.92. The summed E-state index contributed by atoms with van der Waals surface area (Å²) in [6.07, 6.45) is 4.02. The number of anilines is 1. The monoisotopic (exact) mass is 492 g/mol. The van der Waals surface area contributed by atoms with E-state index in [1.54, 1.807) is 19.2 Å². The van der Waals surface area contributed by atoms with Crippen LogP contribution in [-0.4, -0.2) is 64.4 Å².